The number of likely N-dealkylation sites (N-methyl/N-ethyl adjacent to an activating group) is 1. The third-order valence-electron chi connectivity index (χ3n) is 3.33. The summed E-state index contributed by atoms with van der Waals surface area (Å²) >= 11 is 4.64. The van der Waals surface area contributed by atoms with Crippen LogP contribution in [-0.4, -0.2) is 55.2 Å². The molecule has 1 heterocycles. The minimum atomic E-state index is -0.504. The van der Waals surface area contributed by atoms with Gasteiger partial charge in [-0.2, -0.15) is 0 Å². The number of aliphatic hydroxyl groups is 1. The molecule has 1 rings (SSSR count). The average molecular weight is 275 g/mol. The lowest BCUT2D eigenvalue weighted by Gasteiger charge is -2.38. The highest BCUT2D eigenvalue weighted by Crippen LogP contribution is 2.21. The fourth-order valence-corrected chi connectivity index (χ4v) is 2.17. The Morgan fingerprint density at radius 1 is 1.44 bits per heavy atom. The van der Waals surface area contributed by atoms with Gasteiger partial charge in [0.25, 0.3) is 0 Å². The molecule has 106 valence electrons. The van der Waals surface area contributed by atoms with Crippen LogP contribution in [0.2, 0.25) is 0 Å². The molecule has 1 aliphatic heterocycles. The highest BCUT2D eigenvalue weighted by Gasteiger charge is 2.31. The third-order valence-corrected chi connectivity index (χ3v) is 3.33. The molecule has 1 saturated heterocycles. The molecular weight excluding hydrogens is 248 g/mol. The highest BCUT2D eigenvalue weighted by molar-refractivity contribution is 6.15. The van der Waals surface area contributed by atoms with Crippen LogP contribution in [0.4, 0.5) is 0 Å². The Kier molecular flexibility index (Phi) is 9.38. The van der Waals surface area contributed by atoms with Gasteiger partial charge in [0, 0.05) is 32.6 Å². The summed E-state index contributed by atoms with van der Waals surface area (Å²) in [5, 5.41) is 13.3. The molecule has 18 heavy (non-hydrogen) atoms. The molecule has 0 spiro atoms. The number of nitrogens with one attached hydrogen (secondary N) is 1. The first kappa shape index (κ1) is 17.6. The number of rotatable bonds is 5. The Labute approximate surface area is 117 Å². The van der Waals surface area contributed by atoms with Crippen molar-refractivity contribution in [2.45, 2.75) is 25.4 Å². The van der Waals surface area contributed by atoms with E-state index in [1.54, 1.807) is 0 Å². The van der Waals surface area contributed by atoms with Crippen molar-refractivity contribution in [2.24, 2.45) is 0 Å². The summed E-state index contributed by atoms with van der Waals surface area (Å²) < 4.78 is 0. The van der Waals surface area contributed by atoms with Gasteiger partial charge >= 0.3 is 0 Å². The van der Waals surface area contributed by atoms with Crippen LogP contribution in [-0.2, 0) is 0 Å². The summed E-state index contributed by atoms with van der Waals surface area (Å²) in [7, 11) is 1.89. The summed E-state index contributed by atoms with van der Waals surface area (Å²) in [5.41, 5.74) is 0.759. The predicted octanol–water partition coefficient (Wildman–Crippen LogP) is 2.02. The molecule has 0 aromatic heterocycles. The lowest BCUT2D eigenvalue weighted by Crippen LogP contribution is -2.49. The maximum absolute atomic E-state index is 10.2. The van der Waals surface area contributed by atoms with Crippen molar-refractivity contribution >= 4 is 11.6 Å². The van der Waals surface area contributed by atoms with Gasteiger partial charge in [-0.1, -0.05) is 18.7 Å². The SMILES string of the molecule is C=C/C(=C\C)CN1CCC(O)(CNC)CC1.CCl. The van der Waals surface area contributed by atoms with Crippen molar-refractivity contribution in [3.63, 3.8) is 0 Å². The number of likely N-dealkylation sites (tertiary alicyclic amines) is 1. The van der Waals surface area contributed by atoms with Crippen LogP contribution in [0.5, 0.6) is 0 Å². The minimum absolute atomic E-state index is 0.504. The summed E-state index contributed by atoms with van der Waals surface area (Å²) in [6.45, 7) is 9.41. The standard InChI is InChI=1S/C13H24N2O.CH3Cl/c1-4-12(5-2)10-15-8-6-13(16,7-9-15)11-14-3;1-2/h4-5,14,16H,1,6-11H2,2-3H3;1H3/b12-5+;. The fourth-order valence-electron chi connectivity index (χ4n) is 2.17. The van der Waals surface area contributed by atoms with Crippen LogP contribution in [0.3, 0.4) is 0 Å². The first-order chi connectivity index (χ1) is 8.63. The molecule has 0 atom stereocenters. The molecule has 0 unspecified atom stereocenters. The Balaban J connectivity index is 0.00000137. The normalized spacial score (nSPS) is 19.9. The van der Waals surface area contributed by atoms with Crippen molar-refractivity contribution in [1.29, 1.82) is 0 Å². The number of piperidine rings is 1. The number of nitrogens with zero attached hydrogens (tertiary/aromatic N) is 1. The number of allylic oxidation sites excluding steroid dienone is 1. The molecule has 0 radical (unpaired) electrons. The van der Waals surface area contributed by atoms with E-state index in [1.165, 1.54) is 12.0 Å². The van der Waals surface area contributed by atoms with Crippen LogP contribution in [0.1, 0.15) is 19.8 Å². The zero-order valence-electron chi connectivity index (χ0n) is 11.9. The largest absolute Gasteiger partial charge is 0.388 e. The minimum Gasteiger partial charge on any atom is -0.388 e. The first-order valence-corrected chi connectivity index (χ1v) is 7.14. The van der Waals surface area contributed by atoms with Crippen LogP contribution >= 0.6 is 11.6 Å². The van der Waals surface area contributed by atoms with Crippen molar-refractivity contribution in [3.8, 4) is 0 Å². The van der Waals surface area contributed by atoms with Crippen LogP contribution < -0.4 is 5.32 Å². The smallest absolute Gasteiger partial charge is 0.0795 e. The van der Waals surface area contributed by atoms with Gasteiger partial charge < -0.3 is 10.4 Å². The lowest BCUT2D eigenvalue weighted by molar-refractivity contribution is -0.0163. The average Bonchev–Trinajstić information content (AvgIpc) is 2.41. The molecule has 1 fully saturated rings. The number of alkyl halides is 1. The topological polar surface area (TPSA) is 35.5 Å². The maximum Gasteiger partial charge on any atom is 0.0795 e. The summed E-state index contributed by atoms with van der Waals surface area (Å²) in [4.78, 5) is 2.38. The van der Waals surface area contributed by atoms with Crippen molar-refractivity contribution < 1.29 is 5.11 Å². The maximum atomic E-state index is 10.2. The van der Waals surface area contributed by atoms with Crippen molar-refractivity contribution in [1.82, 2.24) is 10.2 Å². The van der Waals surface area contributed by atoms with Gasteiger partial charge in [-0.25, -0.2) is 0 Å². The molecule has 3 nitrogen and oxygen atoms in total. The second kappa shape index (κ2) is 9.56. The van der Waals surface area contributed by atoms with Crippen LogP contribution in [0.15, 0.2) is 24.3 Å². The molecule has 0 amide bonds. The third kappa shape index (κ3) is 6.01. The van der Waals surface area contributed by atoms with Gasteiger partial charge in [0.1, 0.15) is 0 Å². The predicted molar refractivity (Wildman–Crippen MR) is 80.3 cm³/mol. The molecule has 4 heteroatoms. The van der Waals surface area contributed by atoms with Gasteiger partial charge in [-0.3, -0.25) is 4.90 Å². The Morgan fingerprint density at radius 3 is 2.39 bits per heavy atom. The zero-order valence-corrected chi connectivity index (χ0v) is 12.6. The highest BCUT2D eigenvalue weighted by atomic mass is 35.5. The van der Waals surface area contributed by atoms with E-state index in [0.29, 0.717) is 6.54 Å². The molecule has 0 aromatic rings. The van der Waals surface area contributed by atoms with E-state index in [2.05, 4.69) is 34.5 Å². The monoisotopic (exact) mass is 274 g/mol. The Bertz CT molecular complexity index is 259. The molecule has 0 aliphatic carbocycles. The first-order valence-electron chi connectivity index (χ1n) is 6.38. The lowest BCUT2D eigenvalue weighted by atomic mass is 9.91. The molecule has 0 aromatic carbocycles. The molecular formula is C14H27ClN2O. The van der Waals surface area contributed by atoms with Gasteiger partial charge in [0.2, 0.25) is 0 Å². The van der Waals surface area contributed by atoms with Crippen molar-refractivity contribution in [2.75, 3.05) is 39.6 Å². The van der Waals surface area contributed by atoms with Gasteiger partial charge in [-0.05, 0) is 32.4 Å². The summed E-state index contributed by atoms with van der Waals surface area (Å²) in [5.74, 6) is 0. The summed E-state index contributed by atoms with van der Waals surface area (Å²) in [6.07, 6.45) is 7.18. The summed E-state index contributed by atoms with van der Waals surface area (Å²) in [6, 6.07) is 0. The van der Waals surface area contributed by atoms with E-state index < -0.39 is 5.60 Å². The van der Waals surface area contributed by atoms with E-state index in [4.69, 9.17) is 0 Å². The van der Waals surface area contributed by atoms with Gasteiger partial charge in [0.15, 0.2) is 0 Å². The number of hydrogen-bond acceptors (Lipinski definition) is 3. The van der Waals surface area contributed by atoms with E-state index in [1.807, 2.05) is 20.0 Å². The number of halogens is 1. The number of hydrogen-bond donors (Lipinski definition) is 2. The van der Waals surface area contributed by atoms with Gasteiger partial charge in [0.05, 0.1) is 5.60 Å². The molecule has 0 saturated carbocycles. The molecule has 0 bridgehead atoms. The van der Waals surface area contributed by atoms with E-state index in [0.717, 1.165) is 32.5 Å². The van der Waals surface area contributed by atoms with E-state index >= 15 is 0 Å². The van der Waals surface area contributed by atoms with Crippen LogP contribution in [0, 0.1) is 0 Å². The second-order valence-electron chi connectivity index (χ2n) is 4.60. The van der Waals surface area contributed by atoms with Crippen molar-refractivity contribution in [3.05, 3.63) is 24.3 Å². The van der Waals surface area contributed by atoms with Gasteiger partial charge in [-0.15, -0.1) is 11.6 Å². The van der Waals surface area contributed by atoms with Crippen LogP contribution in [0.25, 0.3) is 0 Å². The zero-order chi connectivity index (χ0) is 14.0. The quantitative estimate of drug-likeness (QED) is 0.595. The second-order valence-corrected chi connectivity index (χ2v) is 4.60. The molecule has 1 aliphatic rings. The Morgan fingerprint density at radius 2 is 2.00 bits per heavy atom. The van der Waals surface area contributed by atoms with E-state index in [-0.39, 0.29) is 0 Å². The molecule has 2 N–H and O–H groups in total. The fraction of sp³-hybridized carbons (Fsp3) is 0.714. The van der Waals surface area contributed by atoms with E-state index in [9.17, 15) is 5.11 Å². The Hall–Kier alpha value is -0.350.